The average Bonchev–Trinajstić information content (AvgIpc) is 3.27. The topological polar surface area (TPSA) is 72.2 Å². The van der Waals surface area contributed by atoms with Crippen LogP contribution in [0, 0.1) is 6.92 Å². The Morgan fingerprint density at radius 2 is 1.69 bits per heavy atom. The number of halogens is 3. The van der Waals surface area contributed by atoms with Crippen LogP contribution >= 0.6 is 11.8 Å². The number of nitrogens with zero attached hydrogens (tertiary/aromatic N) is 4. The van der Waals surface area contributed by atoms with Crippen LogP contribution in [0.5, 0.6) is 0 Å². The summed E-state index contributed by atoms with van der Waals surface area (Å²) in [6.45, 7) is 1.99. The molecule has 0 atom stereocenters. The number of amides is 1. The molecule has 1 aromatic heterocycles. The summed E-state index contributed by atoms with van der Waals surface area (Å²) in [6, 6.07) is 22.4. The van der Waals surface area contributed by atoms with Crippen molar-refractivity contribution in [3.8, 4) is 17.1 Å². The Morgan fingerprint density at radius 1 is 1.00 bits per heavy atom. The van der Waals surface area contributed by atoms with E-state index in [0.717, 1.165) is 40.9 Å². The van der Waals surface area contributed by atoms with Gasteiger partial charge in [0.05, 0.1) is 17.5 Å². The van der Waals surface area contributed by atoms with E-state index in [1.165, 1.54) is 18.2 Å². The number of alkyl halides is 3. The van der Waals surface area contributed by atoms with Crippen molar-refractivity contribution in [3.63, 3.8) is 0 Å². The molecule has 6 nitrogen and oxygen atoms in total. The van der Waals surface area contributed by atoms with Gasteiger partial charge in [-0.15, -0.1) is 10.2 Å². The quantitative estimate of drug-likeness (QED) is 0.209. The molecule has 0 aliphatic carbocycles. The fourth-order valence-corrected chi connectivity index (χ4v) is 4.01. The Hall–Kier alpha value is -3.92. The maximum Gasteiger partial charge on any atom is 0.417 e. The lowest BCUT2D eigenvalue weighted by Gasteiger charge is -2.10. The van der Waals surface area contributed by atoms with Gasteiger partial charge in [0.2, 0.25) is 0 Å². The van der Waals surface area contributed by atoms with Crippen LogP contribution in [0.25, 0.3) is 17.1 Å². The Kier molecular flexibility index (Phi) is 7.31. The molecule has 0 saturated carbocycles. The summed E-state index contributed by atoms with van der Waals surface area (Å²) in [5.74, 6) is 0.0754. The van der Waals surface area contributed by atoms with Gasteiger partial charge in [0.1, 0.15) is 0 Å². The van der Waals surface area contributed by atoms with Gasteiger partial charge in [0, 0.05) is 16.8 Å². The van der Waals surface area contributed by atoms with E-state index in [4.69, 9.17) is 0 Å². The molecule has 0 unspecified atom stereocenters. The van der Waals surface area contributed by atoms with Crippen LogP contribution in [-0.4, -0.2) is 32.6 Å². The standard InChI is InChI=1S/C25H20F3N5OS/c1-17-11-13-20(14-12-17)33-23(18-7-3-2-4-8-18)31-32-24(33)35-16-22(34)30-29-15-19-9-5-6-10-21(19)25(26,27)28/h2-15H,16H2,1H3,(H,30,34)/b29-15+. The van der Waals surface area contributed by atoms with Crippen LogP contribution in [0.3, 0.4) is 0 Å². The minimum atomic E-state index is -4.51. The zero-order valence-electron chi connectivity index (χ0n) is 18.5. The van der Waals surface area contributed by atoms with Crippen molar-refractivity contribution in [3.05, 3.63) is 95.6 Å². The van der Waals surface area contributed by atoms with Crippen molar-refractivity contribution in [1.29, 1.82) is 0 Å². The van der Waals surface area contributed by atoms with Crippen molar-refractivity contribution >= 4 is 23.9 Å². The molecule has 0 aliphatic heterocycles. The average molecular weight is 496 g/mol. The minimum Gasteiger partial charge on any atom is -0.272 e. The van der Waals surface area contributed by atoms with Crippen molar-refractivity contribution in [2.45, 2.75) is 18.3 Å². The molecule has 3 aromatic carbocycles. The molecule has 1 heterocycles. The highest BCUT2D eigenvalue weighted by atomic mass is 32.2. The fraction of sp³-hybridized carbons (Fsp3) is 0.120. The molecule has 4 aromatic rings. The van der Waals surface area contributed by atoms with Crippen molar-refractivity contribution in [2.75, 3.05) is 5.75 Å². The van der Waals surface area contributed by atoms with Gasteiger partial charge in [-0.3, -0.25) is 9.36 Å². The number of carbonyl (C=O) groups excluding carboxylic acids is 1. The maximum atomic E-state index is 13.1. The number of benzene rings is 3. The normalized spacial score (nSPS) is 11.7. The highest BCUT2D eigenvalue weighted by molar-refractivity contribution is 7.99. The molecule has 1 N–H and O–H groups in total. The molecular weight excluding hydrogens is 475 g/mol. The van der Waals surface area contributed by atoms with Gasteiger partial charge in [-0.25, -0.2) is 5.43 Å². The number of hydrogen-bond donors (Lipinski definition) is 1. The molecule has 35 heavy (non-hydrogen) atoms. The second-order valence-corrected chi connectivity index (χ2v) is 8.45. The zero-order valence-corrected chi connectivity index (χ0v) is 19.3. The molecule has 0 aliphatic rings. The highest BCUT2D eigenvalue weighted by Gasteiger charge is 2.32. The van der Waals surface area contributed by atoms with Gasteiger partial charge >= 0.3 is 6.18 Å². The van der Waals surface area contributed by atoms with E-state index >= 15 is 0 Å². The predicted octanol–water partition coefficient (Wildman–Crippen LogP) is 5.50. The third-order valence-corrected chi connectivity index (χ3v) is 5.88. The van der Waals surface area contributed by atoms with Crippen LogP contribution in [0.2, 0.25) is 0 Å². The highest BCUT2D eigenvalue weighted by Crippen LogP contribution is 2.31. The van der Waals surface area contributed by atoms with E-state index < -0.39 is 17.6 Å². The number of aryl methyl sites for hydroxylation is 1. The summed E-state index contributed by atoms with van der Waals surface area (Å²) in [6.07, 6.45) is -3.54. The van der Waals surface area contributed by atoms with Gasteiger partial charge in [-0.05, 0) is 25.1 Å². The van der Waals surface area contributed by atoms with Gasteiger partial charge in [0.25, 0.3) is 5.91 Å². The van der Waals surface area contributed by atoms with E-state index in [-0.39, 0.29) is 11.3 Å². The van der Waals surface area contributed by atoms with Crippen LogP contribution < -0.4 is 5.43 Å². The van der Waals surface area contributed by atoms with Crippen LogP contribution in [-0.2, 0) is 11.0 Å². The number of carbonyl (C=O) groups is 1. The Bertz CT molecular complexity index is 1340. The smallest absolute Gasteiger partial charge is 0.272 e. The van der Waals surface area contributed by atoms with Gasteiger partial charge in [-0.1, -0.05) is 78.0 Å². The lowest BCUT2D eigenvalue weighted by Crippen LogP contribution is -2.20. The van der Waals surface area contributed by atoms with Gasteiger partial charge < -0.3 is 0 Å². The van der Waals surface area contributed by atoms with Gasteiger partial charge in [0.15, 0.2) is 11.0 Å². The number of thioether (sulfide) groups is 1. The van der Waals surface area contributed by atoms with Crippen LogP contribution in [0.1, 0.15) is 16.7 Å². The van der Waals surface area contributed by atoms with Gasteiger partial charge in [-0.2, -0.15) is 18.3 Å². The number of hydrazone groups is 1. The van der Waals surface area contributed by atoms with E-state index in [2.05, 4.69) is 20.7 Å². The van der Waals surface area contributed by atoms with Crippen LogP contribution in [0.4, 0.5) is 13.2 Å². The van der Waals surface area contributed by atoms with E-state index in [9.17, 15) is 18.0 Å². The van der Waals surface area contributed by atoms with Crippen molar-refractivity contribution < 1.29 is 18.0 Å². The number of rotatable bonds is 7. The van der Waals surface area contributed by atoms with Crippen molar-refractivity contribution in [1.82, 2.24) is 20.2 Å². The van der Waals surface area contributed by atoms with Crippen molar-refractivity contribution in [2.24, 2.45) is 5.10 Å². The molecular formula is C25H20F3N5OS. The van der Waals surface area contributed by atoms with E-state index in [0.29, 0.717) is 11.0 Å². The number of aromatic nitrogens is 3. The SMILES string of the molecule is Cc1ccc(-n2c(SCC(=O)N/N=C/c3ccccc3C(F)(F)F)nnc2-c2ccccc2)cc1. The summed E-state index contributed by atoms with van der Waals surface area (Å²) in [7, 11) is 0. The molecule has 10 heteroatoms. The summed E-state index contributed by atoms with van der Waals surface area (Å²) in [4.78, 5) is 12.3. The summed E-state index contributed by atoms with van der Waals surface area (Å²) in [5.41, 5.74) is 4.11. The summed E-state index contributed by atoms with van der Waals surface area (Å²) in [5, 5.41) is 12.8. The zero-order chi connectivity index (χ0) is 24.8. The first-order valence-electron chi connectivity index (χ1n) is 10.5. The third-order valence-electron chi connectivity index (χ3n) is 4.95. The predicted molar refractivity (Wildman–Crippen MR) is 129 cm³/mol. The minimum absolute atomic E-state index is 0.0585. The molecule has 0 bridgehead atoms. The Labute approximate surface area is 203 Å². The van der Waals surface area contributed by atoms with Crippen LogP contribution in [0.15, 0.2) is 89.1 Å². The molecule has 0 saturated heterocycles. The Balaban J connectivity index is 1.49. The monoisotopic (exact) mass is 495 g/mol. The first kappa shape index (κ1) is 24.2. The first-order chi connectivity index (χ1) is 16.8. The summed E-state index contributed by atoms with van der Waals surface area (Å²) < 4.78 is 41.2. The maximum absolute atomic E-state index is 13.1. The largest absolute Gasteiger partial charge is 0.417 e. The summed E-state index contributed by atoms with van der Waals surface area (Å²) >= 11 is 1.15. The molecule has 1 amide bonds. The number of nitrogens with one attached hydrogen (secondary N) is 1. The van der Waals surface area contributed by atoms with E-state index in [1.54, 1.807) is 0 Å². The Morgan fingerprint density at radius 3 is 2.40 bits per heavy atom. The second kappa shape index (κ2) is 10.6. The number of hydrogen-bond acceptors (Lipinski definition) is 5. The fourth-order valence-electron chi connectivity index (χ4n) is 3.27. The molecule has 0 radical (unpaired) electrons. The lowest BCUT2D eigenvalue weighted by atomic mass is 10.1. The van der Waals surface area contributed by atoms with E-state index in [1.807, 2.05) is 66.1 Å². The first-order valence-corrected chi connectivity index (χ1v) is 11.5. The molecule has 0 fully saturated rings. The molecule has 0 spiro atoms. The molecule has 4 rings (SSSR count). The molecule has 178 valence electrons. The lowest BCUT2D eigenvalue weighted by molar-refractivity contribution is -0.137. The second-order valence-electron chi connectivity index (χ2n) is 7.51. The third kappa shape index (κ3) is 5.96.